The van der Waals surface area contributed by atoms with Gasteiger partial charge in [0.15, 0.2) is 0 Å². The summed E-state index contributed by atoms with van der Waals surface area (Å²) >= 11 is 5.34. The molecule has 0 aromatic rings. The van der Waals surface area contributed by atoms with Gasteiger partial charge in [-0.3, -0.25) is 4.79 Å². The Morgan fingerprint density at radius 1 is 1.21 bits per heavy atom. The summed E-state index contributed by atoms with van der Waals surface area (Å²) in [6.45, 7) is 5.62. The summed E-state index contributed by atoms with van der Waals surface area (Å²) in [6, 6.07) is 0. The first-order chi connectivity index (χ1) is 6.81. The first kappa shape index (κ1) is 14.5. The molecular weight excluding hydrogens is 232 g/mol. The van der Waals surface area contributed by atoms with E-state index < -0.39 is 0 Å². The van der Waals surface area contributed by atoms with Crippen LogP contribution in [0.2, 0.25) is 0 Å². The molecule has 0 amide bonds. The third-order valence-electron chi connectivity index (χ3n) is 1.42. The summed E-state index contributed by atoms with van der Waals surface area (Å²) in [5, 5.41) is 0.0940. The van der Waals surface area contributed by atoms with Crippen molar-refractivity contribution in [2.75, 3.05) is 28.8 Å². The van der Waals surface area contributed by atoms with Crippen molar-refractivity contribution in [3.8, 4) is 0 Å². The van der Waals surface area contributed by atoms with Crippen LogP contribution in [-0.2, 0) is 4.79 Å². The zero-order chi connectivity index (χ0) is 10.6. The molecule has 0 saturated heterocycles. The Hall–Kier alpha value is 0.460. The molecule has 0 fully saturated rings. The molecule has 0 aliphatic carbocycles. The van der Waals surface area contributed by atoms with Crippen LogP contribution in [0.15, 0.2) is 12.7 Å². The molecule has 0 rings (SSSR count). The number of hydrogen-bond donors (Lipinski definition) is 0. The Morgan fingerprint density at radius 3 is 2.57 bits per heavy atom. The maximum absolute atomic E-state index is 10.8. The lowest BCUT2D eigenvalue weighted by atomic mass is 10.6. The lowest BCUT2D eigenvalue weighted by Crippen LogP contribution is -1.92. The molecule has 0 saturated carbocycles. The van der Waals surface area contributed by atoms with E-state index in [9.17, 15) is 4.79 Å². The molecule has 0 aliphatic heterocycles. The molecule has 0 unspecified atom stereocenters. The highest BCUT2D eigenvalue weighted by Crippen LogP contribution is 2.11. The van der Waals surface area contributed by atoms with Crippen LogP contribution < -0.4 is 0 Å². The van der Waals surface area contributed by atoms with E-state index in [1.54, 1.807) is 0 Å². The average Bonchev–Trinajstić information content (AvgIpc) is 2.21. The minimum absolute atomic E-state index is 0.0940. The monoisotopic (exact) mass is 250 g/mol. The smallest absolute Gasteiger partial charge is 0.211 e. The maximum atomic E-state index is 10.8. The molecule has 82 valence electrons. The Kier molecular flexibility index (Phi) is 11.9. The molecule has 0 atom stereocenters. The summed E-state index contributed by atoms with van der Waals surface area (Å²) in [6.07, 6.45) is 2.50. The predicted octanol–water partition coefficient (Wildman–Crippen LogP) is 3.31. The van der Waals surface area contributed by atoms with E-state index in [1.165, 1.54) is 40.8 Å². The normalized spacial score (nSPS) is 10.1. The van der Waals surface area contributed by atoms with Crippen LogP contribution in [0, 0.1) is 0 Å². The fraction of sp³-hybridized carbons (Fsp3) is 0.700. The van der Waals surface area contributed by atoms with Crippen LogP contribution in [0.3, 0.4) is 0 Å². The van der Waals surface area contributed by atoms with Gasteiger partial charge in [-0.2, -0.15) is 23.5 Å². The van der Waals surface area contributed by atoms with Crippen molar-refractivity contribution in [3.05, 3.63) is 12.7 Å². The van der Waals surface area contributed by atoms with Gasteiger partial charge in [-0.25, -0.2) is 0 Å². The number of carbonyl (C=O) groups excluding carboxylic acids is 1. The van der Waals surface area contributed by atoms with Gasteiger partial charge in [0.1, 0.15) is 0 Å². The van der Waals surface area contributed by atoms with Crippen LogP contribution in [0.25, 0.3) is 0 Å². The first-order valence-corrected chi connectivity index (χ1v) is 8.05. The number of thioether (sulfide) groups is 3. The van der Waals surface area contributed by atoms with Gasteiger partial charge >= 0.3 is 0 Å². The lowest BCUT2D eigenvalue weighted by molar-refractivity contribution is -0.107. The Balaban J connectivity index is 2.99. The Bertz CT molecular complexity index is 159. The van der Waals surface area contributed by atoms with Gasteiger partial charge in [0.05, 0.1) is 0 Å². The van der Waals surface area contributed by atoms with Crippen molar-refractivity contribution in [2.45, 2.75) is 13.3 Å². The standard InChI is InChI=1S/C10H18OS3/c1-3-10(11)14-7-5-6-13-9-8-12-4-2/h3H,1,4-9H2,2H3. The minimum atomic E-state index is 0.0940. The van der Waals surface area contributed by atoms with Gasteiger partial charge in [-0.05, 0) is 24.0 Å². The second-order valence-corrected chi connectivity index (χ2v) is 6.25. The predicted molar refractivity (Wildman–Crippen MR) is 72.6 cm³/mol. The zero-order valence-electron chi connectivity index (χ0n) is 8.66. The van der Waals surface area contributed by atoms with Gasteiger partial charge in [0, 0.05) is 17.3 Å². The molecule has 4 heteroatoms. The highest BCUT2D eigenvalue weighted by molar-refractivity contribution is 8.14. The van der Waals surface area contributed by atoms with Gasteiger partial charge in [-0.1, -0.05) is 25.3 Å². The van der Waals surface area contributed by atoms with Crippen molar-refractivity contribution >= 4 is 40.4 Å². The van der Waals surface area contributed by atoms with Crippen LogP contribution in [-0.4, -0.2) is 33.9 Å². The van der Waals surface area contributed by atoms with Crippen molar-refractivity contribution < 1.29 is 4.79 Å². The van der Waals surface area contributed by atoms with Gasteiger partial charge < -0.3 is 0 Å². The molecular formula is C10H18OS3. The topological polar surface area (TPSA) is 17.1 Å². The molecule has 0 spiro atoms. The van der Waals surface area contributed by atoms with E-state index in [2.05, 4.69) is 13.5 Å². The Morgan fingerprint density at radius 2 is 1.93 bits per heavy atom. The van der Waals surface area contributed by atoms with Crippen LogP contribution >= 0.6 is 35.3 Å². The summed E-state index contributed by atoms with van der Waals surface area (Å²) < 4.78 is 0. The highest BCUT2D eigenvalue weighted by atomic mass is 32.2. The van der Waals surface area contributed by atoms with E-state index in [0.717, 1.165) is 12.2 Å². The van der Waals surface area contributed by atoms with Crippen LogP contribution in [0.1, 0.15) is 13.3 Å². The fourth-order valence-corrected chi connectivity index (χ4v) is 3.33. The second-order valence-electron chi connectivity index (χ2n) is 2.53. The summed E-state index contributed by atoms with van der Waals surface area (Å²) in [4.78, 5) is 10.8. The molecule has 0 aromatic carbocycles. The number of hydrogen-bond acceptors (Lipinski definition) is 4. The summed E-state index contributed by atoms with van der Waals surface area (Å²) in [5.74, 6) is 5.79. The van der Waals surface area contributed by atoms with E-state index in [-0.39, 0.29) is 5.12 Å². The molecule has 14 heavy (non-hydrogen) atoms. The average molecular weight is 250 g/mol. The molecule has 1 nitrogen and oxygen atoms in total. The van der Waals surface area contributed by atoms with E-state index in [1.807, 2.05) is 23.5 Å². The summed E-state index contributed by atoms with van der Waals surface area (Å²) in [5.41, 5.74) is 0. The lowest BCUT2D eigenvalue weighted by Gasteiger charge is -1.99. The van der Waals surface area contributed by atoms with E-state index >= 15 is 0 Å². The second kappa shape index (κ2) is 11.5. The molecule has 0 N–H and O–H groups in total. The minimum Gasteiger partial charge on any atom is -0.282 e. The van der Waals surface area contributed by atoms with Gasteiger partial charge in [-0.15, -0.1) is 0 Å². The third-order valence-corrected chi connectivity index (χ3v) is 4.59. The maximum Gasteiger partial charge on any atom is 0.211 e. The Labute approximate surface area is 99.9 Å². The molecule has 0 aromatic heterocycles. The molecule has 0 bridgehead atoms. The van der Waals surface area contributed by atoms with Crippen molar-refractivity contribution in [1.29, 1.82) is 0 Å². The number of rotatable bonds is 9. The SMILES string of the molecule is C=CC(=O)SCCCSCCSCC. The van der Waals surface area contributed by atoms with Gasteiger partial charge in [0.2, 0.25) is 5.12 Å². The molecule has 0 heterocycles. The third kappa shape index (κ3) is 10.5. The summed E-state index contributed by atoms with van der Waals surface area (Å²) in [7, 11) is 0. The van der Waals surface area contributed by atoms with Crippen LogP contribution in [0.4, 0.5) is 0 Å². The number of carbonyl (C=O) groups is 1. The first-order valence-electron chi connectivity index (χ1n) is 4.76. The highest BCUT2D eigenvalue weighted by Gasteiger charge is 1.96. The van der Waals surface area contributed by atoms with E-state index in [4.69, 9.17) is 0 Å². The zero-order valence-corrected chi connectivity index (χ0v) is 11.1. The van der Waals surface area contributed by atoms with Gasteiger partial charge in [0.25, 0.3) is 0 Å². The quantitative estimate of drug-likeness (QED) is 0.461. The van der Waals surface area contributed by atoms with Crippen molar-refractivity contribution in [1.82, 2.24) is 0 Å². The largest absolute Gasteiger partial charge is 0.282 e. The van der Waals surface area contributed by atoms with Crippen LogP contribution in [0.5, 0.6) is 0 Å². The fourth-order valence-electron chi connectivity index (χ4n) is 0.757. The van der Waals surface area contributed by atoms with E-state index in [0.29, 0.717) is 0 Å². The molecule has 0 radical (unpaired) electrons. The molecule has 0 aliphatic rings. The van der Waals surface area contributed by atoms with Crippen molar-refractivity contribution in [2.24, 2.45) is 0 Å². The van der Waals surface area contributed by atoms with Crippen molar-refractivity contribution in [3.63, 3.8) is 0 Å².